The van der Waals surface area contributed by atoms with Crippen LogP contribution in [0.3, 0.4) is 0 Å². The summed E-state index contributed by atoms with van der Waals surface area (Å²) in [4.78, 5) is 26.5. The summed E-state index contributed by atoms with van der Waals surface area (Å²) in [5, 5.41) is 19.0. The maximum Gasteiger partial charge on any atom is 0.430 e. The van der Waals surface area contributed by atoms with E-state index in [0.717, 1.165) is 7.11 Å². The van der Waals surface area contributed by atoms with Gasteiger partial charge >= 0.3 is 18.1 Å². The SMILES string of the molecule is CCC1(C(=O)O)C(C(F)F)N=C(C(F)(F)F)C(C)(C(=O)O)C1COC. The molecule has 1 heterocycles. The van der Waals surface area contributed by atoms with Gasteiger partial charge in [0.25, 0.3) is 6.43 Å². The number of hydrogen-bond acceptors (Lipinski definition) is 4. The Bertz CT molecular complexity index is 578. The molecule has 0 bridgehead atoms. The molecule has 0 saturated heterocycles. The molecule has 11 heteroatoms. The summed E-state index contributed by atoms with van der Waals surface area (Å²) >= 11 is 0. The fourth-order valence-electron chi connectivity index (χ4n) is 3.54. The number of rotatable bonds is 6. The Labute approximate surface area is 139 Å². The Morgan fingerprint density at radius 2 is 1.80 bits per heavy atom. The van der Waals surface area contributed by atoms with Crippen molar-refractivity contribution in [3.05, 3.63) is 0 Å². The van der Waals surface area contributed by atoms with E-state index in [1.54, 1.807) is 0 Å². The first-order valence-electron chi connectivity index (χ1n) is 7.21. The number of aliphatic carboxylic acids is 2. The number of carboxylic acid groups (broad SMARTS) is 2. The van der Waals surface area contributed by atoms with Crippen LogP contribution >= 0.6 is 0 Å². The number of carboxylic acids is 2. The number of methoxy groups -OCH3 is 1. The molecule has 0 amide bonds. The van der Waals surface area contributed by atoms with Gasteiger partial charge in [0, 0.05) is 13.0 Å². The van der Waals surface area contributed by atoms with Crippen LogP contribution in [0.5, 0.6) is 0 Å². The van der Waals surface area contributed by atoms with E-state index in [4.69, 9.17) is 4.74 Å². The van der Waals surface area contributed by atoms with E-state index in [9.17, 15) is 41.8 Å². The van der Waals surface area contributed by atoms with Gasteiger partial charge in [0.05, 0.1) is 6.61 Å². The van der Waals surface area contributed by atoms with Gasteiger partial charge in [0.1, 0.15) is 22.6 Å². The fourth-order valence-corrected chi connectivity index (χ4v) is 3.54. The maximum atomic E-state index is 13.5. The van der Waals surface area contributed by atoms with Gasteiger partial charge in [-0.3, -0.25) is 14.6 Å². The van der Waals surface area contributed by atoms with E-state index >= 15 is 0 Å². The highest BCUT2D eigenvalue weighted by molar-refractivity contribution is 6.10. The van der Waals surface area contributed by atoms with Crippen molar-refractivity contribution in [1.82, 2.24) is 0 Å². The van der Waals surface area contributed by atoms with Crippen LogP contribution < -0.4 is 0 Å². The smallest absolute Gasteiger partial charge is 0.430 e. The van der Waals surface area contributed by atoms with Gasteiger partial charge in [-0.15, -0.1) is 0 Å². The summed E-state index contributed by atoms with van der Waals surface area (Å²) in [6.07, 6.45) is -9.42. The molecule has 4 unspecified atom stereocenters. The number of nitrogens with zero attached hydrogens (tertiary/aromatic N) is 1. The molecule has 4 atom stereocenters. The number of aliphatic imine (C=N–C) groups is 1. The largest absolute Gasteiger partial charge is 0.481 e. The van der Waals surface area contributed by atoms with Gasteiger partial charge in [-0.1, -0.05) is 6.92 Å². The van der Waals surface area contributed by atoms with E-state index in [1.807, 2.05) is 0 Å². The van der Waals surface area contributed by atoms with E-state index < -0.39 is 66.1 Å². The van der Waals surface area contributed by atoms with Crippen LogP contribution in [0, 0.1) is 16.7 Å². The zero-order valence-electron chi connectivity index (χ0n) is 13.6. The fraction of sp³-hybridized carbons (Fsp3) is 0.786. The van der Waals surface area contributed by atoms with Crippen molar-refractivity contribution >= 4 is 17.7 Å². The monoisotopic (exact) mass is 375 g/mol. The standard InChI is InChI=1S/C14H18F5NO5/c1-4-13(11(23)24)6(5-25-3)12(2,10(21)22)9(14(17,18)19)20-7(13)8(15)16/h6-8H,4-5H2,1-3H3,(H,21,22)(H,23,24). The average molecular weight is 375 g/mol. The lowest BCUT2D eigenvalue weighted by Crippen LogP contribution is -2.66. The minimum atomic E-state index is -5.33. The lowest BCUT2D eigenvalue weighted by molar-refractivity contribution is -0.177. The zero-order chi connectivity index (χ0) is 19.8. The highest BCUT2D eigenvalue weighted by atomic mass is 19.4. The Kier molecular flexibility index (Phi) is 5.83. The molecule has 144 valence electrons. The molecule has 0 spiro atoms. The second kappa shape index (κ2) is 6.85. The van der Waals surface area contributed by atoms with Gasteiger partial charge in [-0.25, -0.2) is 8.78 Å². The third kappa shape index (κ3) is 3.09. The van der Waals surface area contributed by atoms with Gasteiger partial charge in [0.15, 0.2) is 0 Å². The highest BCUT2D eigenvalue weighted by Gasteiger charge is 2.69. The summed E-state index contributed by atoms with van der Waals surface area (Å²) in [5.74, 6) is -5.78. The average Bonchev–Trinajstić information content (AvgIpc) is 2.46. The number of carbonyl (C=O) groups is 2. The van der Waals surface area contributed by atoms with Crippen molar-refractivity contribution in [3.8, 4) is 0 Å². The molecule has 25 heavy (non-hydrogen) atoms. The zero-order valence-corrected chi connectivity index (χ0v) is 13.6. The van der Waals surface area contributed by atoms with Gasteiger partial charge in [0.2, 0.25) is 0 Å². The van der Waals surface area contributed by atoms with E-state index in [2.05, 4.69) is 4.99 Å². The molecule has 1 aliphatic rings. The second-order valence-corrected chi connectivity index (χ2v) is 5.97. The van der Waals surface area contributed by atoms with Crippen LogP contribution in [0.1, 0.15) is 20.3 Å². The highest BCUT2D eigenvalue weighted by Crippen LogP contribution is 2.55. The Hall–Kier alpha value is -1.78. The lowest BCUT2D eigenvalue weighted by atomic mass is 9.54. The van der Waals surface area contributed by atoms with E-state index in [0.29, 0.717) is 6.92 Å². The summed E-state index contributed by atoms with van der Waals surface area (Å²) in [6.45, 7) is 1.05. The molecule has 0 fully saturated rings. The summed E-state index contributed by atoms with van der Waals surface area (Å²) in [5.41, 5.74) is -7.34. The van der Waals surface area contributed by atoms with Crippen molar-refractivity contribution in [1.29, 1.82) is 0 Å². The molecule has 0 aromatic rings. The lowest BCUT2D eigenvalue weighted by Gasteiger charge is -2.51. The molecule has 0 radical (unpaired) electrons. The molecule has 1 rings (SSSR count). The number of halogens is 5. The van der Waals surface area contributed by atoms with Crippen molar-refractivity contribution in [2.75, 3.05) is 13.7 Å². The number of alkyl halides is 5. The summed E-state index contributed by atoms with van der Waals surface area (Å²) in [6, 6.07) is -2.56. The minimum absolute atomic E-state index is 0.553. The van der Waals surface area contributed by atoms with E-state index in [1.165, 1.54) is 6.92 Å². The van der Waals surface area contributed by atoms with Crippen LogP contribution in [0.4, 0.5) is 22.0 Å². The van der Waals surface area contributed by atoms with Gasteiger partial charge < -0.3 is 14.9 Å². The molecule has 0 aliphatic carbocycles. The van der Waals surface area contributed by atoms with E-state index in [-0.39, 0.29) is 0 Å². The molecule has 0 aromatic carbocycles. The van der Waals surface area contributed by atoms with Crippen LogP contribution in [-0.4, -0.2) is 60.2 Å². The normalized spacial score (nSPS) is 33.2. The Morgan fingerprint density at radius 3 is 2.08 bits per heavy atom. The van der Waals surface area contributed by atoms with Crippen molar-refractivity contribution in [2.24, 2.45) is 21.7 Å². The first-order chi connectivity index (χ1) is 11.3. The Morgan fingerprint density at radius 1 is 1.28 bits per heavy atom. The molecule has 2 N–H and O–H groups in total. The third-order valence-corrected chi connectivity index (χ3v) is 4.87. The summed E-state index contributed by atoms with van der Waals surface area (Å²) < 4.78 is 71.8. The predicted octanol–water partition coefficient (Wildman–Crippen LogP) is 2.47. The predicted molar refractivity (Wildman–Crippen MR) is 74.8 cm³/mol. The summed E-state index contributed by atoms with van der Waals surface area (Å²) in [7, 11) is 1.01. The number of ether oxygens (including phenoxy) is 1. The molecular formula is C14H18F5NO5. The second-order valence-electron chi connectivity index (χ2n) is 5.97. The van der Waals surface area contributed by atoms with Crippen molar-refractivity contribution in [3.63, 3.8) is 0 Å². The Balaban J connectivity index is 3.95. The van der Waals surface area contributed by atoms with Crippen LogP contribution in [0.15, 0.2) is 4.99 Å². The molecule has 0 aromatic heterocycles. The molecule has 1 aliphatic heterocycles. The minimum Gasteiger partial charge on any atom is -0.481 e. The topological polar surface area (TPSA) is 96.2 Å². The van der Waals surface area contributed by atoms with Crippen molar-refractivity contribution in [2.45, 2.75) is 38.9 Å². The van der Waals surface area contributed by atoms with Gasteiger partial charge in [-0.05, 0) is 13.3 Å². The first kappa shape index (κ1) is 21.3. The molecule has 0 saturated carbocycles. The quantitative estimate of drug-likeness (QED) is 0.696. The first-order valence-corrected chi connectivity index (χ1v) is 7.21. The number of hydrogen-bond donors (Lipinski definition) is 2. The van der Waals surface area contributed by atoms with Crippen LogP contribution in [-0.2, 0) is 14.3 Å². The molecular weight excluding hydrogens is 357 g/mol. The van der Waals surface area contributed by atoms with Crippen molar-refractivity contribution < 1.29 is 46.5 Å². The van der Waals surface area contributed by atoms with Gasteiger partial charge in [-0.2, -0.15) is 13.2 Å². The maximum absolute atomic E-state index is 13.5. The third-order valence-electron chi connectivity index (χ3n) is 4.87. The molecule has 6 nitrogen and oxygen atoms in total. The van der Waals surface area contributed by atoms with Crippen LogP contribution in [0.2, 0.25) is 0 Å². The van der Waals surface area contributed by atoms with Crippen LogP contribution in [0.25, 0.3) is 0 Å².